The van der Waals surface area contributed by atoms with Crippen LogP contribution in [0.1, 0.15) is 12.5 Å². The number of carbonyl (C=O) groups is 1. The van der Waals surface area contributed by atoms with Crippen LogP contribution in [-0.4, -0.2) is 43.2 Å². The van der Waals surface area contributed by atoms with Crippen LogP contribution in [0.15, 0.2) is 28.7 Å². The monoisotopic (exact) mass is 326 g/mol. The molecule has 1 atom stereocenters. The number of morpholine rings is 1. The predicted molar refractivity (Wildman–Crippen MR) is 77.8 cm³/mol. The van der Waals surface area contributed by atoms with E-state index >= 15 is 0 Å². The highest BCUT2D eigenvalue weighted by atomic mass is 79.9. The molecular weight excluding hydrogens is 308 g/mol. The molecule has 1 N–H and O–H groups in total. The predicted octanol–water partition coefficient (Wildman–Crippen LogP) is 1.79. The second-order valence-electron chi connectivity index (χ2n) is 5.00. The molecule has 0 bridgehead atoms. The molecule has 104 valence electrons. The number of halogens is 1. The first-order valence-corrected chi connectivity index (χ1v) is 7.16. The molecule has 1 saturated heterocycles. The maximum Gasteiger partial charge on any atom is 0.253 e. The van der Waals surface area contributed by atoms with Gasteiger partial charge in [0.1, 0.15) is 0 Å². The summed E-state index contributed by atoms with van der Waals surface area (Å²) in [4.78, 5) is 14.1. The molecule has 0 unspecified atom stereocenters. The van der Waals surface area contributed by atoms with Crippen molar-refractivity contribution in [1.82, 2.24) is 10.2 Å². The van der Waals surface area contributed by atoms with E-state index in [4.69, 9.17) is 4.74 Å². The summed E-state index contributed by atoms with van der Waals surface area (Å²) < 4.78 is 6.72. The van der Waals surface area contributed by atoms with E-state index in [2.05, 4.69) is 38.3 Å². The van der Waals surface area contributed by atoms with Crippen LogP contribution in [0.2, 0.25) is 0 Å². The van der Waals surface area contributed by atoms with Crippen molar-refractivity contribution in [3.8, 4) is 0 Å². The zero-order chi connectivity index (χ0) is 13.9. The zero-order valence-corrected chi connectivity index (χ0v) is 12.9. The minimum absolute atomic E-state index is 0.0635. The van der Waals surface area contributed by atoms with Crippen LogP contribution in [0.4, 0.5) is 0 Å². The maximum atomic E-state index is 11.9. The van der Waals surface area contributed by atoms with Gasteiger partial charge in [0.25, 0.3) is 5.91 Å². The lowest BCUT2D eigenvalue weighted by molar-refractivity contribution is -0.156. The summed E-state index contributed by atoms with van der Waals surface area (Å²) in [6.45, 7) is 4.71. The van der Waals surface area contributed by atoms with E-state index in [1.807, 2.05) is 19.1 Å². The fraction of sp³-hybridized carbons (Fsp3) is 0.500. The van der Waals surface area contributed by atoms with Gasteiger partial charge in [-0.05, 0) is 24.6 Å². The smallest absolute Gasteiger partial charge is 0.253 e. The lowest BCUT2D eigenvalue weighted by Gasteiger charge is -2.39. The van der Waals surface area contributed by atoms with E-state index in [0.29, 0.717) is 13.2 Å². The molecule has 0 radical (unpaired) electrons. The minimum atomic E-state index is -0.751. The zero-order valence-electron chi connectivity index (χ0n) is 11.3. The van der Waals surface area contributed by atoms with Crippen LogP contribution in [0, 0.1) is 0 Å². The molecule has 4 nitrogen and oxygen atoms in total. The lowest BCUT2D eigenvalue weighted by Crippen LogP contribution is -2.57. The molecule has 0 aliphatic carbocycles. The Hall–Kier alpha value is -0.910. The van der Waals surface area contributed by atoms with Gasteiger partial charge in [0.05, 0.1) is 6.61 Å². The summed E-state index contributed by atoms with van der Waals surface area (Å²) >= 11 is 3.48. The molecule has 1 fully saturated rings. The lowest BCUT2D eigenvalue weighted by atomic mass is 10.0. The van der Waals surface area contributed by atoms with Gasteiger partial charge in [-0.15, -0.1) is 0 Å². The Morgan fingerprint density at radius 3 is 3.05 bits per heavy atom. The second kappa shape index (κ2) is 6.03. The van der Waals surface area contributed by atoms with E-state index in [9.17, 15) is 4.79 Å². The summed E-state index contributed by atoms with van der Waals surface area (Å²) in [5.41, 5.74) is 0.481. The summed E-state index contributed by atoms with van der Waals surface area (Å²) in [5.74, 6) is -0.0635. The average molecular weight is 327 g/mol. The Labute approximate surface area is 122 Å². The van der Waals surface area contributed by atoms with Crippen molar-refractivity contribution in [2.75, 3.05) is 26.7 Å². The molecule has 1 aliphatic heterocycles. The van der Waals surface area contributed by atoms with Gasteiger partial charge in [0, 0.05) is 31.2 Å². The normalized spacial score (nSPS) is 24.2. The quantitative estimate of drug-likeness (QED) is 0.920. The van der Waals surface area contributed by atoms with E-state index in [0.717, 1.165) is 17.6 Å². The fourth-order valence-electron chi connectivity index (χ4n) is 2.38. The largest absolute Gasteiger partial charge is 0.363 e. The van der Waals surface area contributed by atoms with Crippen molar-refractivity contribution in [3.63, 3.8) is 0 Å². The van der Waals surface area contributed by atoms with Gasteiger partial charge >= 0.3 is 0 Å². The van der Waals surface area contributed by atoms with Gasteiger partial charge in [0.15, 0.2) is 5.60 Å². The van der Waals surface area contributed by atoms with Crippen molar-refractivity contribution in [3.05, 3.63) is 34.3 Å². The molecule has 2 rings (SSSR count). The minimum Gasteiger partial charge on any atom is -0.363 e. The average Bonchev–Trinajstić information content (AvgIpc) is 2.38. The van der Waals surface area contributed by atoms with Crippen LogP contribution in [0.3, 0.4) is 0 Å². The van der Waals surface area contributed by atoms with Gasteiger partial charge in [-0.1, -0.05) is 28.1 Å². The van der Waals surface area contributed by atoms with E-state index in [1.54, 1.807) is 7.05 Å². The number of ether oxygens (including phenoxy) is 1. The number of rotatable bonds is 3. The summed E-state index contributed by atoms with van der Waals surface area (Å²) in [7, 11) is 1.64. The first-order valence-electron chi connectivity index (χ1n) is 6.36. The van der Waals surface area contributed by atoms with Crippen LogP contribution >= 0.6 is 15.9 Å². The molecule has 1 amide bonds. The Bertz CT molecular complexity index is 467. The number of nitrogens with one attached hydrogen (secondary N) is 1. The molecular formula is C14H19BrN2O2. The molecule has 1 aromatic carbocycles. The highest BCUT2D eigenvalue weighted by Gasteiger charge is 2.38. The molecule has 0 spiro atoms. The standard InChI is InChI=1S/C14H19BrN2O2/c1-14(13(18)16-2)10-17(6-7-19-14)9-11-4-3-5-12(15)8-11/h3-5,8H,6-7,9-10H2,1-2H3,(H,16,18)/t14-/m1/s1. The van der Waals surface area contributed by atoms with Crippen LogP contribution in [0.5, 0.6) is 0 Å². The number of hydrogen-bond donors (Lipinski definition) is 1. The maximum absolute atomic E-state index is 11.9. The number of likely N-dealkylation sites (N-methyl/N-ethyl adjacent to an activating group) is 1. The van der Waals surface area contributed by atoms with Crippen LogP contribution in [0.25, 0.3) is 0 Å². The molecule has 1 aromatic rings. The SMILES string of the molecule is CNC(=O)[C@@]1(C)CN(Cc2cccc(Br)c2)CCO1. The number of benzene rings is 1. The first-order chi connectivity index (χ1) is 9.03. The molecule has 0 saturated carbocycles. The molecule has 1 aliphatic rings. The van der Waals surface area contributed by atoms with Crippen molar-refractivity contribution >= 4 is 21.8 Å². The summed E-state index contributed by atoms with van der Waals surface area (Å²) in [6, 6.07) is 8.24. The number of nitrogens with zero attached hydrogens (tertiary/aromatic N) is 1. The third-order valence-corrected chi connectivity index (χ3v) is 3.85. The second-order valence-corrected chi connectivity index (χ2v) is 5.91. The number of amides is 1. The van der Waals surface area contributed by atoms with Gasteiger partial charge in [-0.2, -0.15) is 0 Å². The van der Waals surface area contributed by atoms with Crippen LogP contribution < -0.4 is 5.32 Å². The number of carbonyl (C=O) groups excluding carboxylic acids is 1. The van der Waals surface area contributed by atoms with Crippen molar-refractivity contribution in [2.45, 2.75) is 19.1 Å². The third kappa shape index (κ3) is 3.55. The number of hydrogen-bond acceptors (Lipinski definition) is 3. The van der Waals surface area contributed by atoms with Gasteiger partial charge in [0.2, 0.25) is 0 Å². The van der Waals surface area contributed by atoms with E-state index < -0.39 is 5.60 Å². The highest BCUT2D eigenvalue weighted by Crippen LogP contribution is 2.20. The highest BCUT2D eigenvalue weighted by molar-refractivity contribution is 9.10. The molecule has 0 aromatic heterocycles. The van der Waals surface area contributed by atoms with Crippen molar-refractivity contribution < 1.29 is 9.53 Å². The van der Waals surface area contributed by atoms with Gasteiger partial charge in [-0.25, -0.2) is 0 Å². The van der Waals surface area contributed by atoms with Crippen LogP contribution in [-0.2, 0) is 16.1 Å². The van der Waals surface area contributed by atoms with E-state index in [-0.39, 0.29) is 5.91 Å². The third-order valence-electron chi connectivity index (χ3n) is 3.36. The topological polar surface area (TPSA) is 41.6 Å². The van der Waals surface area contributed by atoms with Gasteiger partial charge in [-0.3, -0.25) is 9.69 Å². The Balaban J connectivity index is 2.04. The van der Waals surface area contributed by atoms with E-state index in [1.165, 1.54) is 5.56 Å². The molecule has 19 heavy (non-hydrogen) atoms. The summed E-state index contributed by atoms with van der Waals surface area (Å²) in [6.07, 6.45) is 0. The van der Waals surface area contributed by atoms with Crippen molar-refractivity contribution in [2.24, 2.45) is 0 Å². The summed E-state index contributed by atoms with van der Waals surface area (Å²) in [5, 5.41) is 2.67. The van der Waals surface area contributed by atoms with Crippen molar-refractivity contribution in [1.29, 1.82) is 0 Å². The van der Waals surface area contributed by atoms with Gasteiger partial charge < -0.3 is 10.1 Å². The Morgan fingerprint density at radius 2 is 2.37 bits per heavy atom. The molecule has 5 heteroatoms. The fourth-order valence-corrected chi connectivity index (χ4v) is 2.83. The first kappa shape index (κ1) is 14.5. The Kier molecular flexibility index (Phi) is 4.60. The molecule has 1 heterocycles. The Morgan fingerprint density at radius 1 is 1.58 bits per heavy atom.